The number of anilines is 2. The number of thioether (sulfide) groups is 1. The number of aromatic nitrogens is 5. The van der Waals surface area contributed by atoms with Crippen molar-refractivity contribution in [1.82, 2.24) is 25.5 Å². The largest absolute Gasteiger partial charge is 0.411 e. The molecule has 0 saturated carbocycles. The molecule has 0 fully saturated rings. The van der Waals surface area contributed by atoms with E-state index in [1.807, 2.05) is 0 Å². The normalized spacial score (nSPS) is 11.9. The van der Waals surface area contributed by atoms with Crippen molar-refractivity contribution < 1.29 is 23.0 Å². The molecule has 0 saturated heterocycles. The van der Waals surface area contributed by atoms with Crippen LogP contribution in [-0.2, 0) is 6.42 Å². The zero-order chi connectivity index (χ0) is 20.8. The van der Waals surface area contributed by atoms with Crippen LogP contribution in [0.15, 0.2) is 33.0 Å². The number of nitrogens with two attached hydrogens (primary N) is 1. The second-order valence-corrected chi connectivity index (χ2v) is 6.70. The minimum absolute atomic E-state index is 0.0373. The molecule has 0 spiro atoms. The van der Waals surface area contributed by atoms with E-state index in [0.29, 0.717) is 28.8 Å². The number of oxime groups is 1. The van der Waals surface area contributed by atoms with E-state index in [9.17, 15) is 18.4 Å². The molecule has 2 aromatic heterocycles. The van der Waals surface area contributed by atoms with Gasteiger partial charge in [0.2, 0.25) is 11.9 Å². The van der Waals surface area contributed by atoms with Gasteiger partial charge in [-0.2, -0.15) is 4.98 Å². The molecule has 0 bridgehead atoms. The molecular formula is C15H15F3N8O2S. The first-order chi connectivity index (χ1) is 14.0. The number of alkyl halides is 2. The number of hydrogen-bond acceptors (Lipinski definition) is 10. The summed E-state index contributed by atoms with van der Waals surface area (Å²) in [5, 5.41) is 29.6. The molecule has 1 aromatic carbocycles. The Bertz CT molecular complexity index is 994. The Morgan fingerprint density at radius 1 is 1.38 bits per heavy atom. The summed E-state index contributed by atoms with van der Waals surface area (Å²) in [5.41, 5.74) is 5.20. The summed E-state index contributed by atoms with van der Waals surface area (Å²) >= 11 is 1.25. The highest BCUT2D eigenvalue weighted by Crippen LogP contribution is 2.25. The Kier molecular flexibility index (Phi) is 6.54. The molecule has 5 N–H and O–H groups in total. The highest BCUT2D eigenvalue weighted by molar-refractivity contribution is 7.99. The van der Waals surface area contributed by atoms with Gasteiger partial charge in [0.25, 0.3) is 6.43 Å². The van der Waals surface area contributed by atoms with Gasteiger partial charge in [0, 0.05) is 18.7 Å². The van der Waals surface area contributed by atoms with E-state index in [1.54, 1.807) is 0 Å². The molecule has 0 atom stereocenters. The van der Waals surface area contributed by atoms with Crippen LogP contribution in [0.2, 0.25) is 0 Å². The maximum absolute atomic E-state index is 13.5. The number of aromatic amines is 1. The van der Waals surface area contributed by atoms with Gasteiger partial charge in [-0.3, -0.25) is 0 Å². The third-order valence-corrected chi connectivity index (χ3v) is 4.60. The summed E-state index contributed by atoms with van der Waals surface area (Å²) in [4.78, 5) is 3.89. The maximum Gasteiger partial charge on any atom is 0.266 e. The van der Waals surface area contributed by atoms with Crippen LogP contribution < -0.4 is 11.1 Å². The van der Waals surface area contributed by atoms with Crippen LogP contribution in [0.3, 0.4) is 0 Å². The zero-order valence-corrected chi connectivity index (χ0v) is 15.5. The van der Waals surface area contributed by atoms with Crippen molar-refractivity contribution >= 4 is 29.4 Å². The lowest BCUT2D eigenvalue weighted by atomic mass is 10.0. The van der Waals surface area contributed by atoms with E-state index >= 15 is 0 Å². The van der Waals surface area contributed by atoms with Gasteiger partial charge in [-0.15, -0.1) is 5.10 Å². The van der Waals surface area contributed by atoms with Crippen molar-refractivity contribution in [2.45, 2.75) is 17.9 Å². The number of nitrogens with zero attached hydrogens (tertiary/aromatic N) is 5. The maximum atomic E-state index is 13.5. The van der Waals surface area contributed by atoms with Gasteiger partial charge in [0.15, 0.2) is 10.7 Å². The number of rotatable bonds is 9. The number of nitrogens with one attached hydrogen (secondary N) is 2. The molecule has 29 heavy (non-hydrogen) atoms. The topological polar surface area (TPSA) is 151 Å². The van der Waals surface area contributed by atoms with Gasteiger partial charge in [-0.1, -0.05) is 23.0 Å². The molecule has 0 aliphatic heterocycles. The molecule has 154 valence electrons. The number of benzene rings is 1. The molecular weight excluding hydrogens is 413 g/mol. The number of hydrogen-bond donors (Lipinski definition) is 4. The first-order valence-corrected chi connectivity index (χ1v) is 9.11. The van der Waals surface area contributed by atoms with Gasteiger partial charge in [0.1, 0.15) is 11.5 Å². The fourth-order valence-electron chi connectivity index (χ4n) is 2.35. The molecule has 3 aromatic rings. The average molecular weight is 428 g/mol. The number of H-pyrrole nitrogens is 1. The SMILES string of the molecule is Nc1nc(NCCSc2nonc2C(Cc2ccc(F)c(C(F)F)c2)=NO)n[nH]1. The predicted octanol–water partition coefficient (Wildman–Crippen LogP) is 2.47. The lowest BCUT2D eigenvalue weighted by Crippen LogP contribution is -2.09. The van der Waals surface area contributed by atoms with Gasteiger partial charge in [-0.25, -0.2) is 22.9 Å². The number of halogens is 3. The summed E-state index contributed by atoms with van der Waals surface area (Å²) in [7, 11) is 0. The van der Waals surface area contributed by atoms with Crippen molar-refractivity contribution in [2.75, 3.05) is 23.3 Å². The molecule has 0 unspecified atom stereocenters. The van der Waals surface area contributed by atoms with Crippen molar-refractivity contribution in [3.8, 4) is 0 Å². The Hall–Kier alpha value is -3.29. The summed E-state index contributed by atoms with van der Waals surface area (Å²) in [5.74, 6) is 0.0137. The highest BCUT2D eigenvalue weighted by atomic mass is 32.2. The van der Waals surface area contributed by atoms with Crippen LogP contribution in [0.5, 0.6) is 0 Å². The molecule has 3 rings (SSSR count). The summed E-state index contributed by atoms with van der Waals surface area (Å²) in [6, 6.07) is 3.27. The lowest BCUT2D eigenvalue weighted by Gasteiger charge is -2.07. The minimum Gasteiger partial charge on any atom is -0.411 e. The second kappa shape index (κ2) is 9.27. The van der Waals surface area contributed by atoms with Gasteiger partial charge in [0.05, 0.1) is 5.56 Å². The van der Waals surface area contributed by atoms with Crippen LogP contribution >= 0.6 is 11.8 Å². The van der Waals surface area contributed by atoms with E-state index in [0.717, 1.165) is 12.1 Å². The lowest BCUT2D eigenvalue weighted by molar-refractivity contribution is 0.146. The van der Waals surface area contributed by atoms with Gasteiger partial charge < -0.3 is 16.3 Å². The average Bonchev–Trinajstić information content (AvgIpc) is 3.33. The summed E-state index contributed by atoms with van der Waals surface area (Å²) < 4.78 is 43.9. The minimum atomic E-state index is -2.96. The van der Waals surface area contributed by atoms with Crippen LogP contribution in [0.1, 0.15) is 23.2 Å². The quantitative estimate of drug-likeness (QED) is 0.132. The van der Waals surface area contributed by atoms with Crippen LogP contribution in [0.25, 0.3) is 0 Å². The Morgan fingerprint density at radius 2 is 2.21 bits per heavy atom. The molecule has 0 radical (unpaired) electrons. The van der Waals surface area contributed by atoms with E-state index < -0.39 is 17.8 Å². The van der Waals surface area contributed by atoms with Crippen molar-refractivity contribution in [3.63, 3.8) is 0 Å². The fourth-order valence-corrected chi connectivity index (χ4v) is 3.12. The van der Waals surface area contributed by atoms with E-state index in [2.05, 4.69) is 36.0 Å². The first kappa shape index (κ1) is 20.4. The molecule has 0 amide bonds. The third-order valence-electron chi connectivity index (χ3n) is 3.65. The van der Waals surface area contributed by atoms with Crippen LogP contribution in [0, 0.1) is 5.82 Å². The van der Waals surface area contributed by atoms with Crippen molar-refractivity contribution in [2.24, 2.45) is 5.16 Å². The van der Waals surface area contributed by atoms with Gasteiger partial charge >= 0.3 is 0 Å². The molecule has 14 heteroatoms. The molecule has 2 heterocycles. The standard InChI is InChI=1S/C15H15F3N8O2S/c16-9-2-1-7(5-8(9)12(17)18)6-10(24-27)11-13(26-28-25-11)29-4-3-20-15-21-14(19)22-23-15/h1-2,5,12,27H,3-4,6H2,(H4,19,20,21,22,23). The summed E-state index contributed by atoms with van der Waals surface area (Å²) in [6.07, 6.45) is -3.04. The first-order valence-electron chi connectivity index (χ1n) is 8.12. The molecule has 0 aliphatic carbocycles. The Balaban J connectivity index is 1.63. The van der Waals surface area contributed by atoms with Gasteiger partial charge in [-0.05, 0) is 28.0 Å². The number of nitrogen functional groups attached to an aromatic ring is 1. The van der Waals surface area contributed by atoms with E-state index in [1.165, 1.54) is 17.8 Å². The smallest absolute Gasteiger partial charge is 0.266 e. The van der Waals surface area contributed by atoms with Crippen molar-refractivity contribution in [3.05, 3.63) is 40.8 Å². The monoisotopic (exact) mass is 428 g/mol. The van der Waals surface area contributed by atoms with E-state index in [4.69, 9.17) is 10.4 Å². The predicted molar refractivity (Wildman–Crippen MR) is 97.7 cm³/mol. The third kappa shape index (κ3) is 5.16. The summed E-state index contributed by atoms with van der Waals surface area (Å²) in [6.45, 7) is 0.454. The Morgan fingerprint density at radius 3 is 2.90 bits per heavy atom. The molecule has 0 aliphatic rings. The fraction of sp³-hybridized carbons (Fsp3) is 0.267. The van der Waals surface area contributed by atoms with Crippen LogP contribution in [0.4, 0.5) is 25.1 Å². The van der Waals surface area contributed by atoms with Crippen LogP contribution in [-0.4, -0.2) is 48.7 Å². The van der Waals surface area contributed by atoms with E-state index in [-0.39, 0.29) is 23.8 Å². The zero-order valence-electron chi connectivity index (χ0n) is 14.6. The second-order valence-electron chi connectivity index (χ2n) is 5.62. The van der Waals surface area contributed by atoms with Crippen molar-refractivity contribution in [1.29, 1.82) is 0 Å². The molecule has 10 nitrogen and oxygen atoms in total. The highest BCUT2D eigenvalue weighted by Gasteiger charge is 2.20. The Labute approximate surface area is 165 Å².